The van der Waals surface area contributed by atoms with E-state index in [-0.39, 0.29) is 26.4 Å². The number of sulfonamides is 1. The third-order valence-electron chi connectivity index (χ3n) is 4.00. The molecule has 0 aliphatic carbocycles. The van der Waals surface area contributed by atoms with Crippen LogP contribution in [0.25, 0.3) is 11.1 Å². The van der Waals surface area contributed by atoms with Crippen molar-refractivity contribution >= 4 is 44.9 Å². The van der Waals surface area contributed by atoms with Gasteiger partial charge in [0.05, 0.1) is 10.7 Å². The van der Waals surface area contributed by atoms with E-state index in [4.69, 9.17) is 33.0 Å². The summed E-state index contributed by atoms with van der Waals surface area (Å²) in [5, 5.41) is 8.77. The number of aryl methyl sites for hydroxylation is 1. The molecule has 3 rings (SSSR count). The van der Waals surface area contributed by atoms with E-state index in [0.29, 0.717) is 16.7 Å². The zero-order chi connectivity index (χ0) is 21.9. The molecular weight excluding hydrogens is 451 g/mol. The number of ether oxygens (including phenoxy) is 1. The lowest BCUT2D eigenvalue weighted by atomic mass is 10.0. The Kier molecular flexibility index (Phi) is 6.50. The number of halogens is 2. The molecule has 1 heterocycles. The fourth-order valence-corrected chi connectivity index (χ4v) is 4.49. The van der Waals surface area contributed by atoms with Gasteiger partial charge in [-0.2, -0.15) is 0 Å². The lowest BCUT2D eigenvalue weighted by Crippen LogP contribution is -2.15. The van der Waals surface area contributed by atoms with Crippen molar-refractivity contribution in [1.82, 2.24) is 4.98 Å². The first-order valence-corrected chi connectivity index (χ1v) is 10.8. The van der Waals surface area contributed by atoms with Crippen molar-refractivity contribution in [2.45, 2.75) is 11.8 Å². The summed E-state index contributed by atoms with van der Waals surface area (Å²) in [7, 11) is -4.06. The molecule has 0 fully saturated rings. The highest BCUT2D eigenvalue weighted by atomic mass is 35.5. The highest BCUT2D eigenvalue weighted by Crippen LogP contribution is 2.45. The van der Waals surface area contributed by atoms with E-state index >= 15 is 0 Å². The maximum absolute atomic E-state index is 13.0. The normalized spacial score (nSPS) is 11.2. The Morgan fingerprint density at radius 1 is 1.17 bits per heavy atom. The van der Waals surface area contributed by atoms with Gasteiger partial charge in [0.1, 0.15) is 9.92 Å². The molecule has 7 nitrogen and oxygen atoms in total. The summed E-state index contributed by atoms with van der Waals surface area (Å²) in [6.07, 6.45) is 2.74. The van der Waals surface area contributed by atoms with Crippen LogP contribution in [0.2, 0.25) is 10.0 Å². The van der Waals surface area contributed by atoms with E-state index in [1.54, 1.807) is 37.3 Å². The van der Waals surface area contributed by atoms with Crippen molar-refractivity contribution in [2.24, 2.45) is 0 Å². The van der Waals surface area contributed by atoms with Gasteiger partial charge in [0.25, 0.3) is 10.0 Å². The van der Waals surface area contributed by atoms with E-state index < -0.39 is 22.6 Å². The van der Waals surface area contributed by atoms with E-state index in [9.17, 15) is 13.2 Å². The second-order valence-corrected chi connectivity index (χ2v) is 8.74. The van der Waals surface area contributed by atoms with Crippen molar-refractivity contribution in [3.63, 3.8) is 0 Å². The largest absolute Gasteiger partial charge is 0.479 e. The van der Waals surface area contributed by atoms with Crippen molar-refractivity contribution in [3.8, 4) is 16.9 Å². The topological polar surface area (TPSA) is 106 Å². The number of nitrogens with zero attached hydrogens (tertiary/aromatic N) is 1. The molecule has 0 spiro atoms. The Hall–Kier alpha value is -2.81. The summed E-state index contributed by atoms with van der Waals surface area (Å²) in [6, 6.07) is 11.8. The van der Waals surface area contributed by atoms with Crippen LogP contribution in [-0.2, 0) is 14.8 Å². The zero-order valence-electron chi connectivity index (χ0n) is 15.6. The monoisotopic (exact) mass is 466 g/mol. The summed E-state index contributed by atoms with van der Waals surface area (Å²) in [4.78, 5) is 14.7. The molecule has 1 aromatic heterocycles. The fraction of sp³-hybridized carbons (Fsp3) is 0.100. The first-order chi connectivity index (χ1) is 14.2. The van der Waals surface area contributed by atoms with Crippen LogP contribution in [-0.4, -0.2) is 31.1 Å². The van der Waals surface area contributed by atoms with Crippen LogP contribution in [0.3, 0.4) is 0 Å². The molecule has 0 bridgehead atoms. The molecular formula is C20H16Cl2N2O5S. The average Bonchev–Trinajstić information content (AvgIpc) is 2.70. The average molecular weight is 467 g/mol. The van der Waals surface area contributed by atoms with Gasteiger partial charge in [0.2, 0.25) is 0 Å². The van der Waals surface area contributed by atoms with Gasteiger partial charge in [0, 0.05) is 18.0 Å². The first kappa shape index (κ1) is 21.9. The number of aliphatic carboxylic acids is 1. The van der Waals surface area contributed by atoms with Crippen molar-refractivity contribution in [3.05, 3.63) is 70.5 Å². The molecule has 2 aromatic carbocycles. The molecule has 0 unspecified atom stereocenters. The predicted molar refractivity (Wildman–Crippen MR) is 115 cm³/mol. The zero-order valence-corrected chi connectivity index (χ0v) is 17.9. The summed E-state index contributed by atoms with van der Waals surface area (Å²) >= 11 is 12.7. The van der Waals surface area contributed by atoms with Crippen molar-refractivity contribution in [2.75, 3.05) is 11.3 Å². The van der Waals surface area contributed by atoms with Gasteiger partial charge in [-0.15, -0.1) is 0 Å². The Labute approximate surface area is 183 Å². The van der Waals surface area contributed by atoms with Crippen LogP contribution >= 0.6 is 23.2 Å². The molecule has 0 saturated heterocycles. The van der Waals surface area contributed by atoms with Gasteiger partial charge in [0.15, 0.2) is 12.4 Å². The fourth-order valence-electron chi connectivity index (χ4n) is 2.68. The Bertz CT molecular complexity index is 1200. The molecule has 3 aromatic rings. The second kappa shape index (κ2) is 8.91. The number of aromatic nitrogens is 1. The Balaban J connectivity index is 2.17. The highest BCUT2D eigenvalue weighted by molar-refractivity contribution is 7.92. The molecule has 0 radical (unpaired) electrons. The van der Waals surface area contributed by atoms with E-state index in [1.807, 2.05) is 0 Å². The van der Waals surface area contributed by atoms with E-state index in [0.717, 1.165) is 0 Å². The second-order valence-electron chi connectivity index (χ2n) is 6.28. The van der Waals surface area contributed by atoms with Gasteiger partial charge in [-0.25, -0.2) is 13.2 Å². The summed E-state index contributed by atoms with van der Waals surface area (Å²) in [5.74, 6) is -1.37. The SMILES string of the molecule is Cc1cncc(S(=O)(=O)Nc2c(-c3ccccc3)cc(Cl)c(OCC(=O)O)c2Cl)c1. The van der Waals surface area contributed by atoms with Gasteiger partial charge < -0.3 is 9.84 Å². The van der Waals surface area contributed by atoms with Crippen LogP contribution in [0.15, 0.2) is 59.8 Å². The maximum Gasteiger partial charge on any atom is 0.341 e. The number of carboxylic acid groups (broad SMARTS) is 1. The number of rotatable bonds is 7. The van der Waals surface area contributed by atoms with E-state index in [2.05, 4.69) is 9.71 Å². The Morgan fingerprint density at radius 2 is 1.87 bits per heavy atom. The van der Waals surface area contributed by atoms with Crippen molar-refractivity contribution < 1.29 is 23.1 Å². The Morgan fingerprint density at radius 3 is 2.50 bits per heavy atom. The molecule has 156 valence electrons. The molecule has 0 amide bonds. The number of anilines is 1. The highest BCUT2D eigenvalue weighted by Gasteiger charge is 2.24. The molecule has 0 aliphatic rings. The minimum atomic E-state index is -4.06. The minimum Gasteiger partial charge on any atom is -0.479 e. The van der Waals surface area contributed by atoms with Gasteiger partial charge in [-0.1, -0.05) is 53.5 Å². The number of nitrogens with one attached hydrogen (secondary N) is 1. The third kappa shape index (κ3) is 4.84. The minimum absolute atomic E-state index is 0.00848. The van der Waals surface area contributed by atoms with Gasteiger partial charge >= 0.3 is 5.97 Å². The number of pyridine rings is 1. The van der Waals surface area contributed by atoms with Crippen LogP contribution in [0.5, 0.6) is 5.75 Å². The number of hydrogen-bond acceptors (Lipinski definition) is 5. The number of hydrogen-bond donors (Lipinski definition) is 2. The number of benzene rings is 2. The summed E-state index contributed by atoms with van der Waals surface area (Å²) in [6.45, 7) is 1.02. The molecule has 10 heteroatoms. The van der Waals surface area contributed by atoms with Crippen LogP contribution in [0, 0.1) is 6.92 Å². The molecule has 0 atom stereocenters. The number of carbonyl (C=O) groups is 1. The molecule has 0 saturated carbocycles. The van der Waals surface area contributed by atoms with Gasteiger partial charge in [-0.3, -0.25) is 9.71 Å². The predicted octanol–water partition coefficient (Wildman–Crippen LogP) is 4.63. The molecule has 30 heavy (non-hydrogen) atoms. The lowest BCUT2D eigenvalue weighted by Gasteiger charge is -2.18. The van der Waals surface area contributed by atoms with E-state index in [1.165, 1.54) is 24.5 Å². The van der Waals surface area contributed by atoms with Gasteiger partial charge in [-0.05, 0) is 30.2 Å². The van der Waals surface area contributed by atoms with Crippen molar-refractivity contribution in [1.29, 1.82) is 0 Å². The quantitative estimate of drug-likeness (QED) is 0.525. The molecule has 0 aliphatic heterocycles. The maximum atomic E-state index is 13.0. The number of carboxylic acids is 1. The lowest BCUT2D eigenvalue weighted by molar-refractivity contribution is -0.139. The van der Waals surface area contributed by atoms with Crippen LogP contribution in [0.4, 0.5) is 5.69 Å². The summed E-state index contributed by atoms with van der Waals surface area (Å²) < 4.78 is 33.6. The summed E-state index contributed by atoms with van der Waals surface area (Å²) in [5.41, 5.74) is 1.71. The smallest absolute Gasteiger partial charge is 0.341 e. The standard InChI is InChI=1S/C20H16Cl2N2O5S/c1-12-7-14(10-23-9-12)30(27,28)24-19-15(13-5-3-2-4-6-13)8-16(21)20(18(19)22)29-11-17(25)26/h2-10,24H,11H2,1H3,(H,25,26). The van der Waals surface area contributed by atoms with Crippen LogP contribution < -0.4 is 9.46 Å². The first-order valence-electron chi connectivity index (χ1n) is 8.55. The third-order valence-corrected chi connectivity index (χ3v) is 5.96. The molecule has 2 N–H and O–H groups in total. The van der Waals surface area contributed by atoms with Crippen LogP contribution in [0.1, 0.15) is 5.56 Å².